The Kier molecular flexibility index (Phi) is 9.38. The standard InChI is InChI=1S/C21H32N6O3/c1-22-20-16(14-24-25-20)9-6-5-7-11-23-21(29)18-13-17(30-4)15-27(18)19(28)10-8-12-26(2)3/h8,10,14,17-18H,5,7,11-13,15H2,1-4H3,(H,23,29)(H2,22,24,25)/b10-8+/t17-,18?/m0/s1. The number of anilines is 1. The fourth-order valence-corrected chi connectivity index (χ4v) is 3.16. The molecule has 30 heavy (non-hydrogen) atoms. The molecule has 1 fully saturated rings. The van der Waals surface area contributed by atoms with Gasteiger partial charge in [-0.3, -0.25) is 14.7 Å². The maximum atomic E-state index is 12.7. The Hall–Kier alpha value is -2.83. The van der Waals surface area contributed by atoms with Crippen LogP contribution in [0.3, 0.4) is 0 Å². The van der Waals surface area contributed by atoms with E-state index in [1.54, 1.807) is 31.3 Å². The normalized spacial score (nSPS) is 18.5. The van der Waals surface area contributed by atoms with Crippen molar-refractivity contribution in [2.75, 3.05) is 53.2 Å². The molecule has 2 atom stereocenters. The highest BCUT2D eigenvalue weighted by atomic mass is 16.5. The zero-order valence-corrected chi connectivity index (χ0v) is 18.2. The van der Waals surface area contributed by atoms with E-state index in [1.165, 1.54) is 6.08 Å². The van der Waals surface area contributed by atoms with Crippen LogP contribution in [-0.2, 0) is 14.3 Å². The van der Waals surface area contributed by atoms with Crippen LogP contribution in [0, 0.1) is 11.8 Å². The molecule has 1 saturated heterocycles. The highest BCUT2D eigenvalue weighted by molar-refractivity contribution is 5.93. The van der Waals surface area contributed by atoms with Gasteiger partial charge in [0.25, 0.3) is 0 Å². The first-order valence-electron chi connectivity index (χ1n) is 10.1. The second kappa shape index (κ2) is 12.0. The van der Waals surface area contributed by atoms with Crippen molar-refractivity contribution < 1.29 is 14.3 Å². The van der Waals surface area contributed by atoms with Gasteiger partial charge in [-0.25, -0.2) is 0 Å². The van der Waals surface area contributed by atoms with Gasteiger partial charge in [-0.05, 0) is 20.5 Å². The molecule has 0 spiro atoms. The molecule has 2 rings (SSSR count). The summed E-state index contributed by atoms with van der Waals surface area (Å²) >= 11 is 0. The number of nitrogens with one attached hydrogen (secondary N) is 3. The van der Waals surface area contributed by atoms with Gasteiger partial charge in [0.15, 0.2) is 0 Å². The minimum Gasteiger partial charge on any atom is -0.380 e. The number of amides is 2. The van der Waals surface area contributed by atoms with Crippen molar-refractivity contribution in [2.45, 2.75) is 31.4 Å². The summed E-state index contributed by atoms with van der Waals surface area (Å²) in [4.78, 5) is 28.7. The van der Waals surface area contributed by atoms with E-state index in [4.69, 9.17) is 4.74 Å². The number of ether oxygens (including phenoxy) is 1. The van der Waals surface area contributed by atoms with E-state index in [0.29, 0.717) is 32.5 Å². The van der Waals surface area contributed by atoms with Crippen LogP contribution in [0.4, 0.5) is 5.82 Å². The van der Waals surface area contributed by atoms with Gasteiger partial charge in [-0.1, -0.05) is 17.9 Å². The van der Waals surface area contributed by atoms with Crippen LogP contribution in [-0.4, -0.2) is 91.8 Å². The van der Waals surface area contributed by atoms with E-state index in [2.05, 4.69) is 32.7 Å². The third-order valence-corrected chi connectivity index (χ3v) is 4.80. The second-order valence-electron chi connectivity index (χ2n) is 7.37. The van der Waals surface area contributed by atoms with Crippen LogP contribution >= 0.6 is 0 Å². The lowest BCUT2D eigenvalue weighted by atomic mass is 10.1. The summed E-state index contributed by atoms with van der Waals surface area (Å²) in [5.74, 6) is 6.61. The first-order chi connectivity index (χ1) is 14.5. The second-order valence-corrected chi connectivity index (χ2v) is 7.37. The van der Waals surface area contributed by atoms with Crippen LogP contribution in [0.1, 0.15) is 24.8 Å². The zero-order valence-electron chi connectivity index (χ0n) is 18.2. The Bertz CT molecular complexity index is 792. The lowest BCUT2D eigenvalue weighted by Crippen LogP contribution is -2.45. The molecular formula is C21H32N6O3. The predicted molar refractivity (Wildman–Crippen MR) is 116 cm³/mol. The van der Waals surface area contributed by atoms with Crippen molar-refractivity contribution >= 4 is 17.6 Å². The van der Waals surface area contributed by atoms with Crippen LogP contribution in [0.15, 0.2) is 18.3 Å². The maximum Gasteiger partial charge on any atom is 0.247 e. The SMILES string of the molecule is CNc1[nH]ncc1C#CCCCNC(=O)C1C[C@H](OC)CN1C(=O)/C=C/CN(C)C. The molecular weight excluding hydrogens is 384 g/mol. The first-order valence-corrected chi connectivity index (χ1v) is 10.1. The zero-order chi connectivity index (χ0) is 21.9. The summed E-state index contributed by atoms with van der Waals surface area (Å²) in [6.07, 6.45) is 6.75. The largest absolute Gasteiger partial charge is 0.380 e. The van der Waals surface area contributed by atoms with E-state index >= 15 is 0 Å². The number of likely N-dealkylation sites (N-methyl/N-ethyl adjacent to an activating group) is 1. The molecule has 0 radical (unpaired) electrons. The predicted octanol–water partition coefficient (Wildman–Crippen LogP) is 0.433. The number of nitrogens with zero attached hydrogens (tertiary/aromatic N) is 3. The molecule has 9 heteroatoms. The van der Waals surface area contributed by atoms with Crippen LogP contribution < -0.4 is 10.6 Å². The molecule has 0 aromatic carbocycles. The molecule has 0 saturated carbocycles. The third kappa shape index (κ3) is 6.90. The number of hydrogen-bond acceptors (Lipinski definition) is 6. The Labute approximate surface area is 178 Å². The quantitative estimate of drug-likeness (QED) is 0.307. The number of methoxy groups -OCH3 is 1. The fourth-order valence-electron chi connectivity index (χ4n) is 3.16. The summed E-state index contributed by atoms with van der Waals surface area (Å²) in [5, 5.41) is 12.7. The molecule has 1 unspecified atom stereocenters. The highest BCUT2D eigenvalue weighted by Crippen LogP contribution is 2.20. The summed E-state index contributed by atoms with van der Waals surface area (Å²) in [7, 11) is 7.27. The Morgan fingerprint density at radius 1 is 1.47 bits per heavy atom. The summed E-state index contributed by atoms with van der Waals surface area (Å²) in [6, 6.07) is -0.512. The molecule has 164 valence electrons. The van der Waals surface area contributed by atoms with Crippen LogP contribution in [0.5, 0.6) is 0 Å². The third-order valence-electron chi connectivity index (χ3n) is 4.80. The Balaban J connectivity index is 1.82. The molecule has 0 aliphatic carbocycles. The molecule has 1 aromatic heterocycles. The lowest BCUT2D eigenvalue weighted by molar-refractivity contribution is -0.135. The molecule has 9 nitrogen and oxygen atoms in total. The van der Waals surface area contributed by atoms with Crippen LogP contribution in [0.25, 0.3) is 0 Å². The van der Waals surface area contributed by atoms with E-state index < -0.39 is 6.04 Å². The molecule has 2 amide bonds. The topological polar surface area (TPSA) is 103 Å². The molecule has 2 heterocycles. The summed E-state index contributed by atoms with van der Waals surface area (Å²) in [6.45, 7) is 1.59. The summed E-state index contributed by atoms with van der Waals surface area (Å²) in [5.41, 5.74) is 0.814. The molecule has 1 aliphatic rings. The van der Waals surface area contributed by atoms with Crippen molar-refractivity contribution in [1.82, 2.24) is 25.3 Å². The van der Waals surface area contributed by atoms with Crippen molar-refractivity contribution in [2.24, 2.45) is 0 Å². The first kappa shape index (κ1) is 23.4. The summed E-state index contributed by atoms with van der Waals surface area (Å²) < 4.78 is 5.39. The Morgan fingerprint density at radius 2 is 2.27 bits per heavy atom. The van der Waals surface area contributed by atoms with Gasteiger partial charge in [-0.2, -0.15) is 5.10 Å². The van der Waals surface area contributed by atoms with Crippen molar-refractivity contribution in [3.05, 3.63) is 23.9 Å². The highest BCUT2D eigenvalue weighted by Gasteiger charge is 2.38. The van der Waals surface area contributed by atoms with E-state index in [9.17, 15) is 9.59 Å². The minimum atomic E-state index is -0.512. The number of likely N-dealkylation sites (tertiary alicyclic amines) is 1. The molecule has 0 bridgehead atoms. The van der Waals surface area contributed by atoms with Gasteiger partial charge in [0, 0.05) is 52.7 Å². The number of H-pyrrole nitrogens is 1. The Morgan fingerprint density at radius 3 is 2.97 bits per heavy atom. The number of hydrogen-bond donors (Lipinski definition) is 3. The van der Waals surface area contributed by atoms with Gasteiger partial charge in [0.05, 0.1) is 17.9 Å². The lowest BCUT2D eigenvalue weighted by Gasteiger charge is -2.22. The van der Waals surface area contributed by atoms with Crippen molar-refractivity contribution in [3.8, 4) is 11.8 Å². The number of aromatic amines is 1. The van der Waals surface area contributed by atoms with Gasteiger partial charge in [0.1, 0.15) is 11.9 Å². The van der Waals surface area contributed by atoms with Crippen molar-refractivity contribution in [3.63, 3.8) is 0 Å². The monoisotopic (exact) mass is 416 g/mol. The number of aromatic nitrogens is 2. The number of carbonyl (C=O) groups excluding carboxylic acids is 2. The average molecular weight is 417 g/mol. The van der Waals surface area contributed by atoms with Crippen molar-refractivity contribution in [1.29, 1.82) is 0 Å². The molecule has 3 N–H and O–H groups in total. The molecule has 1 aromatic rings. The van der Waals surface area contributed by atoms with Crippen LogP contribution in [0.2, 0.25) is 0 Å². The van der Waals surface area contributed by atoms with Gasteiger partial charge in [0.2, 0.25) is 11.8 Å². The van der Waals surface area contributed by atoms with Gasteiger partial charge >= 0.3 is 0 Å². The van der Waals surface area contributed by atoms with E-state index in [-0.39, 0.29) is 17.9 Å². The number of rotatable bonds is 9. The number of unbranched alkanes of at least 4 members (excludes halogenated alkanes) is 1. The number of carbonyl (C=O) groups is 2. The smallest absolute Gasteiger partial charge is 0.247 e. The van der Waals surface area contributed by atoms with Gasteiger partial charge < -0.3 is 25.2 Å². The van der Waals surface area contributed by atoms with E-state index in [1.807, 2.05) is 19.0 Å². The fraction of sp³-hybridized carbons (Fsp3) is 0.571. The maximum absolute atomic E-state index is 12.7. The van der Waals surface area contributed by atoms with Gasteiger partial charge in [-0.15, -0.1) is 0 Å². The molecule has 1 aliphatic heterocycles. The average Bonchev–Trinajstić information content (AvgIpc) is 3.36. The minimum absolute atomic E-state index is 0.130. The van der Waals surface area contributed by atoms with E-state index in [0.717, 1.165) is 17.8 Å².